The molecule has 0 aliphatic carbocycles. The van der Waals surface area contributed by atoms with Gasteiger partial charge in [0.25, 0.3) is 0 Å². The molecule has 3 rings (SSSR count). The van der Waals surface area contributed by atoms with E-state index >= 15 is 0 Å². The average Bonchev–Trinajstić information content (AvgIpc) is 2.57. The first-order chi connectivity index (χ1) is 11.6. The van der Waals surface area contributed by atoms with Crippen molar-refractivity contribution in [1.29, 1.82) is 0 Å². The van der Waals surface area contributed by atoms with Crippen molar-refractivity contribution in [2.75, 3.05) is 26.3 Å². The predicted molar refractivity (Wildman–Crippen MR) is 83.3 cm³/mol. The van der Waals surface area contributed by atoms with E-state index in [0.717, 1.165) is 12.1 Å². The highest BCUT2D eigenvalue weighted by Gasteiger charge is 2.22. The molecule has 0 saturated carbocycles. The molecule has 6 heteroatoms. The maximum absolute atomic E-state index is 13.7. The Morgan fingerprint density at radius 2 is 1.92 bits per heavy atom. The molecule has 1 unspecified atom stereocenters. The quantitative estimate of drug-likeness (QED) is 0.835. The minimum absolute atomic E-state index is 0.00812. The van der Waals surface area contributed by atoms with Gasteiger partial charge in [0.05, 0.1) is 6.61 Å². The zero-order chi connectivity index (χ0) is 16.9. The highest BCUT2D eigenvalue weighted by molar-refractivity contribution is 5.24. The lowest BCUT2D eigenvalue weighted by atomic mass is 10.2. The van der Waals surface area contributed by atoms with Gasteiger partial charge in [-0.3, -0.25) is 4.90 Å². The third kappa shape index (κ3) is 4.27. The van der Waals surface area contributed by atoms with Gasteiger partial charge in [0, 0.05) is 31.3 Å². The van der Waals surface area contributed by atoms with Crippen LogP contribution >= 0.6 is 0 Å². The normalized spacial score (nSPS) is 18.5. The minimum Gasteiger partial charge on any atom is -0.488 e. The van der Waals surface area contributed by atoms with E-state index in [1.165, 1.54) is 12.1 Å². The van der Waals surface area contributed by atoms with Gasteiger partial charge in [0.2, 0.25) is 0 Å². The van der Waals surface area contributed by atoms with Crippen LogP contribution in [-0.2, 0) is 11.3 Å². The monoisotopic (exact) mass is 337 g/mol. The number of nitrogens with zero attached hydrogens (tertiary/aromatic N) is 1. The number of hydrogen-bond acceptors (Lipinski definition) is 3. The molecule has 0 spiro atoms. The Hall–Kier alpha value is -2.05. The molecular formula is C18H18F3NO2. The summed E-state index contributed by atoms with van der Waals surface area (Å²) in [5.41, 5.74) is 0.628. The Bertz CT molecular complexity index is 696. The highest BCUT2D eigenvalue weighted by Crippen LogP contribution is 2.19. The zero-order valence-electron chi connectivity index (χ0n) is 13.1. The Labute approximate surface area is 138 Å². The number of morpholine rings is 1. The number of hydrogen-bond donors (Lipinski definition) is 0. The van der Waals surface area contributed by atoms with Crippen molar-refractivity contribution in [1.82, 2.24) is 4.90 Å². The van der Waals surface area contributed by atoms with Crippen LogP contribution in [0.4, 0.5) is 13.2 Å². The maximum Gasteiger partial charge on any atom is 0.167 e. The number of rotatable bonds is 5. The van der Waals surface area contributed by atoms with Crippen LogP contribution in [0.15, 0.2) is 42.5 Å². The Morgan fingerprint density at radius 3 is 2.71 bits per heavy atom. The molecule has 0 N–H and O–H groups in total. The first kappa shape index (κ1) is 16.8. The molecule has 1 fully saturated rings. The van der Waals surface area contributed by atoms with E-state index in [4.69, 9.17) is 9.47 Å². The molecule has 0 bridgehead atoms. The molecule has 0 radical (unpaired) electrons. The van der Waals surface area contributed by atoms with Gasteiger partial charge in [0.15, 0.2) is 11.6 Å². The lowest BCUT2D eigenvalue weighted by Crippen LogP contribution is -2.44. The molecule has 128 valence electrons. The molecular weight excluding hydrogens is 319 g/mol. The molecule has 1 aliphatic rings. The predicted octanol–water partition coefficient (Wildman–Crippen LogP) is 3.38. The fraction of sp³-hybridized carbons (Fsp3) is 0.333. The van der Waals surface area contributed by atoms with Crippen LogP contribution in [0.2, 0.25) is 0 Å². The zero-order valence-corrected chi connectivity index (χ0v) is 13.1. The van der Waals surface area contributed by atoms with Crippen molar-refractivity contribution in [3.8, 4) is 5.75 Å². The fourth-order valence-corrected chi connectivity index (χ4v) is 2.67. The van der Waals surface area contributed by atoms with E-state index in [0.29, 0.717) is 31.8 Å². The summed E-state index contributed by atoms with van der Waals surface area (Å²) in [5.74, 6) is -1.63. The van der Waals surface area contributed by atoms with Crippen molar-refractivity contribution >= 4 is 0 Å². The molecule has 1 atom stereocenters. The third-order valence-corrected chi connectivity index (χ3v) is 3.89. The molecule has 0 amide bonds. The van der Waals surface area contributed by atoms with Gasteiger partial charge in [-0.1, -0.05) is 18.2 Å². The second kappa shape index (κ2) is 7.68. The average molecular weight is 337 g/mol. The van der Waals surface area contributed by atoms with Gasteiger partial charge in [-0.25, -0.2) is 13.2 Å². The third-order valence-electron chi connectivity index (χ3n) is 3.89. The van der Waals surface area contributed by atoms with Crippen LogP contribution in [0.1, 0.15) is 5.56 Å². The minimum atomic E-state index is -0.742. The van der Waals surface area contributed by atoms with E-state index in [9.17, 15) is 13.2 Å². The van der Waals surface area contributed by atoms with Crippen LogP contribution in [0.3, 0.4) is 0 Å². The lowest BCUT2D eigenvalue weighted by Gasteiger charge is -2.32. The maximum atomic E-state index is 13.7. The summed E-state index contributed by atoms with van der Waals surface area (Å²) in [6.07, 6.45) is -0.255. The summed E-state index contributed by atoms with van der Waals surface area (Å²) >= 11 is 0. The van der Waals surface area contributed by atoms with Crippen molar-refractivity contribution in [3.05, 3.63) is 65.5 Å². The Balaban J connectivity index is 1.55. The van der Waals surface area contributed by atoms with Crippen molar-refractivity contribution in [3.63, 3.8) is 0 Å². The van der Waals surface area contributed by atoms with E-state index in [1.807, 2.05) is 0 Å². The van der Waals surface area contributed by atoms with E-state index in [-0.39, 0.29) is 24.3 Å². The fourth-order valence-electron chi connectivity index (χ4n) is 2.67. The van der Waals surface area contributed by atoms with Gasteiger partial charge in [-0.2, -0.15) is 0 Å². The van der Waals surface area contributed by atoms with Crippen LogP contribution in [0.25, 0.3) is 0 Å². The van der Waals surface area contributed by atoms with Crippen LogP contribution in [0.5, 0.6) is 5.75 Å². The summed E-state index contributed by atoms with van der Waals surface area (Å²) in [4.78, 5) is 2.07. The first-order valence-corrected chi connectivity index (χ1v) is 7.77. The van der Waals surface area contributed by atoms with Gasteiger partial charge in [-0.15, -0.1) is 0 Å². The van der Waals surface area contributed by atoms with E-state index in [1.54, 1.807) is 18.2 Å². The molecule has 2 aromatic carbocycles. The summed E-state index contributed by atoms with van der Waals surface area (Å²) < 4.78 is 51.2. The molecule has 1 heterocycles. The first-order valence-electron chi connectivity index (χ1n) is 7.77. The second-order valence-corrected chi connectivity index (χ2v) is 5.71. The molecule has 3 nitrogen and oxygen atoms in total. The van der Waals surface area contributed by atoms with Crippen molar-refractivity contribution in [2.45, 2.75) is 12.6 Å². The molecule has 0 aromatic heterocycles. The van der Waals surface area contributed by atoms with Gasteiger partial charge >= 0.3 is 0 Å². The SMILES string of the molecule is Fc1ccc(OCC2CN(Cc3ccccc3F)CCO2)c(F)c1. The van der Waals surface area contributed by atoms with Crippen LogP contribution < -0.4 is 4.74 Å². The van der Waals surface area contributed by atoms with Crippen LogP contribution in [-0.4, -0.2) is 37.3 Å². The Morgan fingerprint density at radius 1 is 1.08 bits per heavy atom. The summed E-state index contributed by atoms with van der Waals surface area (Å²) in [6, 6.07) is 9.83. The largest absolute Gasteiger partial charge is 0.488 e. The number of benzene rings is 2. The topological polar surface area (TPSA) is 21.7 Å². The summed E-state index contributed by atoms with van der Waals surface area (Å²) in [6.45, 7) is 2.37. The summed E-state index contributed by atoms with van der Waals surface area (Å²) in [5, 5.41) is 0. The molecule has 1 aliphatic heterocycles. The molecule has 2 aromatic rings. The second-order valence-electron chi connectivity index (χ2n) is 5.71. The number of ether oxygens (including phenoxy) is 2. The van der Waals surface area contributed by atoms with E-state index in [2.05, 4.69) is 4.90 Å². The highest BCUT2D eigenvalue weighted by atomic mass is 19.1. The van der Waals surface area contributed by atoms with Gasteiger partial charge < -0.3 is 9.47 Å². The smallest absolute Gasteiger partial charge is 0.167 e. The lowest BCUT2D eigenvalue weighted by molar-refractivity contribution is -0.0510. The van der Waals surface area contributed by atoms with Crippen molar-refractivity contribution < 1.29 is 22.6 Å². The Kier molecular flexibility index (Phi) is 5.37. The molecule has 24 heavy (non-hydrogen) atoms. The van der Waals surface area contributed by atoms with Crippen LogP contribution in [0, 0.1) is 17.5 Å². The van der Waals surface area contributed by atoms with Gasteiger partial charge in [-0.05, 0) is 18.2 Å². The summed E-state index contributed by atoms with van der Waals surface area (Å²) in [7, 11) is 0. The van der Waals surface area contributed by atoms with Crippen molar-refractivity contribution in [2.24, 2.45) is 0 Å². The number of halogens is 3. The van der Waals surface area contributed by atoms with Gasteiger partial charge in [0.1, 0.15) is 24.3 Å². The standard InChI is InChI=1S/C18H18F3NO2/c19-14-5-6-18(17(21)9-14)24-12-15-11-22(7-8-23-15)10-13-3-1-2-4-16(13)20/h1-6,9,15H,7-8,10-12H2. The molecule has 1 saturated heterocycles. The van der Waals surface area contributed by atoms with E-state index < -0.39 is 11.6 Å².